The van der Waals surface area contributed by atoms with Crippen molar-refractivity contribution < 1.29 is 0 Å². The number of hydrogen-bond acceptors (Lipinski definition) is 3. The maximum absolute atomic E-state index is 5.98. The van der Waals surface area contributed by atoms with Crippen LogP contribution in [0.25, 0.3) is 0 Å². The van der Waals surface area contributed by atoms with Gasteiger partial charge in [-0.15, -0.1) is 0 Å². The molecule has 2 rings (SSSR count). The molecule has 1 fully saturated rings. The fraction of sp³-hybridized carbons (Fsp3) is 0.444. The van der Waals surface area contributed by atoms with Crippen molar-refractivity contribution in [2.75, 3.05) is 18.4 Å². The summed E-state index contributed by atoms with van der Waals surface area (Å²) in [6.45, 7) is 3.91. The fourth-order valence-corrected chi connectivity index (χ4v) is 1.95. The first kappa shape index (κ1) is 10.0. The van der Waals surface area contributed by atoms with Gasteiger partial charge in [-0.2, -0.15) is 0 Å². The van der Waals surface area contributed by atoms with Crippen molar-refractivity contribution in [3.05, 3.63) is 21.9 Å². The lowest BCUT2D eigenvalue weighted by Gasteiger charge is -2.29. The van der Waals surface area contributed by atoms with E-state index in [0.717, 1.165) is 24.3 Å². The molecule has 2 N–H and O–H groups in total. The van der Waals surface area contributed by atoms with Gasteiger partial charge in [-0.25, -0.2) is 4.98 Å². The topological polar surface area (TPSA) is 37.0 Å². The number of aromatic nitrogens is 1. The summed E-state index contributed by atoms with van der Waals surface area (Å²) in [5.41, 5.74) is 1.92. The van der Waals surface area contributed by atoms with Crippen molar-refractivity contribution in [3.8, 4) is 0 Å². The van der Waals surface area contributed by atoms with Crippen LogP contribution >= 0.6 is 23.2 Å². The zero-order valence-corrected chi connectivity index (χ0v) is 9.28. The second-order valence-corrected chi connectivity index (χ2v) is 4.17. The minimum absolute atomic E-state index is 0.435. The van der Waals surface area contributed by atoms with Gasteiger partial charge in [0.25, 0.3) is 0 Å². The van der Waals surface area contributed by atoms with Crippen molar-refractivity contribution >= 4 is 28.9 Å². The number of nitrogens with zero attached hydrogens (tertiary/aromatic N) is 1. The lowest BCUT2D eigenvalue weighted by molar-refractivity contribution is 0.472. The molecule has 1 aromatic rings. The van der Waals surface area contributed by atoms with Crippen LogP contribution in [-0.4, -0.2) is 24.1 Å². The normalized spacial score (nSPS) is 16.5. The van der Waals surface area contributed by atoms with Crippen LogP contribution in [0.15, 0.2) is 6.07 Å². The summed E-state index contributed by atoms with van der Waals surface area (Å²) in [5, 5.41) is 7.39. The first-order valence-electron chi connectivity index (χ1n) is 4.46. The quantitative estimate of drug-likeness (QED) is 0.766. The van der Waals surface area contributed by atoms with Crippen molar-refractivity contribution in [1.82, 2.24) is 10.3 Å². The third-order valence-corrected chi connectivity index (χ3v) is 2.74. The van der Waals surface area contributed by atoms with E-state index in [1.165, 1.54) is 0 Å². The Morgan fingerprint density at radius 1 is 1.50 bits per heavy atom. The molecule has 1 aromatic heterocycles. The van der Waals surface area contributed by atoms with Gasteiger partial charge in [0, 0.05) is 13.1 Å². The predicted molar refractivity (Wildman–Crippen MR) is 59.3 cm³/mol. The first-order valence-corrected chi connectivity index (χ1v) is 5.22. The lowest BCUT2D eigenvalue weighted by Crippen LogP contribution is -2.51. The van der Waals surface area contributed by atoms with Crippen molar-refractivity contribution in [2.24, 2.45) is 0 Å². The van der Waals surface area contributed by atoms with E-state index < -0.39 is 0 Å². The second kappa shape index (κ2) is 3.93. The van der Waals surface area contributed by atoms with Gasteiger partial charge in [0.1, 0.15) is 5.15 Å². The van der Waals surface area contributed by atoms with E-state index in [1.807, 2.05) is 13.0 Å². The Kier molecular flexibility index (Phi) is 2.81. The molecule has 3 nitrogen and oxygen atoms in total. The van der Waals surface area contributed by atoms with E-state index in [0.29, 0.717) is 16.3 Å². The van der Waals surface area contributed by atoms with Crippen LogP contribution in [0.4, 0.5) is 5.69 Å². The summed E-state index contributed by atoms with van der Waals surface area (Å²) in [6.07, 6.45) is 0. The van der Waals surface area contributed by atoms with Crippen LogP contribution in [-0.2, 0) is 0 Å². The molecule has 0 atom stereocenters. The highest BCUT2D eigenvalue weighted by molar-refractivity contribution is 6.34. The van der Waals surface area contributed by atoms with Gasteiger partial charge in [0.05, 0.1) is 11.7 Å². The van der Waals surface area contributed by atoms with Crippen LogP contribution in [0, 0.1) is 6.92 Å². The standard InChI is InChI=1S/C9H11Cl2N3/c1-5-2-7(10)14-9(11)8(5)13-6-3-12-4-6/h2,6,12-13H,3-4H2,1H3. The highest BCUT2D eigenvalue weighted by Gasteiger charge is 2.18. The average molecular weight is 232 g/mol. The lowest BCUT2D eigenvalue weighted by atomic mass is 10.1. The van der Waals surface area contributed by atoms with Gasteiger partial charge in [-0.05, 0) is 18.6 Å². The Balaban J connectivity index is 2.22. The van der Waals surface area contributed by atoms with Crippen molar-refractivity contribution in [3.63, 3.8) is 0 Å². The van der Waals surface area contributed by atoms with E-state index in [9.17, 15) is 0 Å². The summed E-state index contributed by atoms with van der Waals surface area (Å²) >= 11 is 11.8. The summed E-state index contributed by atoms with van der Waals surface area (Å²) in [7, 11) is 0. The third kappa shape index (κ3) is 1.95. The Morgan fingerprint density at radius 3 is 2.71 bits per heavy atom. The molecular formula is C9H11Cl2N3. The monoisotopic (exact) mass is 231 g/mol. The molecule has 1 aliphatic rings. The molecule has 0 aliphatic carbocycles. The van der Waals surface area contributed by atoms with E-state index in [1.54, 1.807) is 0 Å². The van der Waals surface area contributed by atoms with E-state index in [-0.39, 0.29) is 0 Å². The number of rotatable bonds is 2. The highest BCUT2D eigenvalue weighted by atomic mass is 35.5. The summed E-state index contributed by atoms with van der Waals surface area (Å²) < 4.78 is 0. The minimum atomic E-state index is 0.435. The first-order chi connectivity index (χ1) is 6.66. The maximum atomic E-state index is 5.98. The predicted octanol–water partition coefficient (Wildman–Crippen LogP) is 2.08. The molecule has 0 spiro atoms. The molecule has 1 aliphatic heterocycles. The van der Waals surface area contributed by atoms with Crippen molar-refractivity contribution in [1.29, 1.82) is 0 Å². The number of nitrogens with one attached hydrogen (secondary N) is 2. The molecular weight excluding hydrogens is 221 g/mol. The fourth-order valence-electron chi connectivity index (χ4n) is 1.36. The van der Waals surface area contributed by atoms with Crippen LogP contribution in [0.1, 0.15) is 5.56 Å². The number of halogens is 2. The molecule has 0 bridgehead atoms. The number of aryl methyl sites for hydroxylation is 1. The molecule has 0 aromatic carbocycles. The van der Waals surface area contributed by atoms with Gasteiger partial charge in [-0.1, -0.05) is 23.2 Å². The molecule has 0 amide bonds. The Morgan fingerprint density at radius 2 is 2.21 bits per heavy atom. The minimum Gasteiger partial charge on any atom is -0.377 e. The molecule has 0 saturated carbocycles. The Bertz CT molecular complexity index is 327. The second-order valence-electron chi connectivity index (χ2n) is 3.43. The zero-order valence-electron chi connectivity index (χ0n) is 7.77. The molecule has 0 radical (unpaired) electrons. The van der Waals surface area contributed by atoms with Gasteiger partial charge in [0.15, 0.2) is 5.15 Å². The van der Waals surface area contributed by atoms with Crippen LogP contribution in [0.3, 0.4) is 0 Å². The SMILES string of the molecule is Cc1cc(Cl)nc(Cl)c1NC1CNC1. The van der Waals surface area contributed by atoms with Gasteiger partial charge < -0.3 is 10.6 Å². The Hall–Kier alpha value is -0.510. The molecule has 0 unspecified atom stereocenters. The zero-order chi connectivity index (χ0) is 10.1. The van der Waals surface area contributed by atoms with Gasteiger partial charge >= 0.3 is 0 Å². The summed E-state index contributed by atoms with van der Waals surface area (Å²) in [5.74, 6) is 0. The largest absolute Gasteiger partial charge is 0.377 e. The van der Waals surface area contributed by atoms with E-state index in [2.05, 4.69) is 15.6 Å². The molecule has 5 heteroatoms. The maximum Gasteiger partial charge on any atom is 0.154 e. The van der Waals surface area contributed by atoms with Crippen LogP contribution in [0.5, 0.6) is 0 Å². The molecule has 14 heavy (non-hydrogen) atoms. The number of hydrogen-bond donors (Lipinski definition) is 2. The number of pyridine rings is 1. The Labute approximate surface area is 92.8 Å². The van der Waals surface area contributed by atoms with Gasteiger partial charge in [-0.3, -0.25) is 0 Å². The smallest absolute Gasteiger partial charge is 0.154 e. The van der Waals surface area contributed by atoms with Gasteiger partial charge in [0.2, 0.25) is 0 Å². The van der Waals surface area contributed by atoms with Crippen molar-refractivity contribution in [2.45, 2.75) is 13.0 Å². The molecule has 2 heterocycles. The van der Waals surface area contributed by atoms with Crippen LogP contribution < -0.4 is 10.6 Å². The third-order valence-electron chi connectivity index (χ3n) is 2.27. The van der Waals surface area contributed by atoms with Crippen LogP contribution in [0.2, 0.25) is 10.3 Å². The molecule has 76 valence electrons. The van der Waals surface area contributed by atoms with E-state index in [4.69, 9.17) is 23.2 Å². The van der Waals surface area contributed by atoms with E-state index >= 15 is 0 Å². The highest BCUT2D eigenvalue weighted by Crippen LogP contribution is 2.27. The number of anilines is 1. The molecule has 1 saturated heterocycles. The average Bonchev–Trinajstić information content (AvgIpc) is 1.98. The summed E-state index contributed by atoms with van der Waals surface area (Å²) in [6, 6.07) is 2.26. The summed E-state index contributed by atoms with van der Waals surface area (Å²) in [4.78, 5) is 3.99.